The number of thioether (sulfide) groups is 1. The zero-order valence-corrected chi connectivity index (χ0v) is 20.6. The molecule has 9 nitrogen and oxygen atoms in total. The lowest BCUT2D eigenvalue weighted by Crippen LogP contribution is -2.52. The van der Waals surface area contributed by atoms with Crippen LogP contribution in [0.25, 0.3) is 0 Å². The Morgan fingerprint density at radius 1 is 1.25 bits per heavy atom. The molecule has 1 aromatic carbocycles. The van der Waals surface area contributed by atoms with Gasteiger partial charge in [-0.2, -0.15) is 4.31 Å². The normalized spacial score (nSPS) is 20.2. The van der Waals surface area contributed by atoms with Crippen LogP contribution in [0.3, 0.4) is 0 Å². The summed E-state index contributed by atoms with van der Waals surface area (Å²) in [6, 6.07) is 4.21. The average molecular weight is 486 g/mol. The molecule has 32 heavy (non-hydrogen) atoms. The fraction of sp³-hybridized carbons (Fsp3) is 0.619. The molecule has 2 fully saturated rings. The fourth-order valence-electron chi connectivity index (χ4n) is 3.59. The number of methoxy groups -OCH3 is 1. The number of morpholine rings is 1. The van der Waals surface area contributed by atoms with Gasteiger partial charge in [-0.15, -0.1) is 11.8 Å². The first kappa shape index (κ1) is 24.8. The average Bonchev–Trinajstić information content (AvgIpc) is 3.23. The molecule has 1 unspecified atom stereocenters. The standard InChI is InChI=1S/C21H31N3O6S2/c1-21(2,3)22-20(26)16-13-31-14-24(16)19(25)12-15-5-6-17(29-4)18(11-15)32(27,28)23-7-9-30-10-8-23/h5-6,11,16H,7-10,12-14H2,1-4H3,(H,22,26). The molecule has 2 heterocycles. The van der Waals surface area contributed by atoms with E-state index >= 15 is 0 Å². The molecular formula is C21H31N3O6S2. The summed E-state index contributed by atoms with van der Waals surface area (Å²) in [6.45, 7) is 6.90. The summed E-state index contributed by atoms with van der Waals surface area (Å²) in [5.41, 5.74) is 0.159. The molecule has 2 aliphatic rings. The van der Waals surface area contributed by atoms with Crippen molar-refractivity contribution in [3.63, 3.8) is 0 Å². The van der Waals surface area contributed by atoms with Crippen LogP contribution in [0.4, 0.5) is 0 Å². The third kappa shape index (κ3) is 5.75. The predicted octanol–water partition coefficient (Wildman–Crippen LogP) is 1.07. The maximum atomic E-state index is 13.2. The number of benzene rings is 1. The van der Waals surface area contributed by atoms with Gasteiger partial charge in [0.2, 0.25) is 21.8 Å². The Labute approximate surface area is 193 Å². The first-order valence-corrected chi connectivity index (χ1v) is 13.1. The highest BCUT2D eigenvalue weighted by Gasteiger charge is 2.36. The number of nitrogens with one attached hydrogen (secondary N) is 1. The van der Waals surface area contributed by atoms with E-state index in [1.807, 2.05) is 20.8 Å². The van der Waals surface area contributed by atoms with Gasteiger partial charge in [-0.05, 0) is 38.5 Å². The number of nitrogens with zero attached hydrogens (tertiary/aromatic N) is 2. The summed E-state index contributed by atoms with van der Waals surface area (Å²) in [6.07, 6.45) is -0.00448. The van der Waals surface area contributed by atoms with E-state index in [-0.39, 0.29) is 42.0 Å². The van der Waals surface area contributed by atoms with Crippen molar-refractivity contribution >= 4 is 33.6 Å². The molecule has 3 rings (SSSR count). The van der Waals surface area contributed by atoms with Crippen molar-refractivity contribution in [2.45, 2.75) is 43.7 Å². The van der Waals surface area contributed by atoms with E-state index in [1.54, 1.807) is 17.0 Å². The second kappa shape index (κ2) is 9.98. The number of ether oxygens (including phenoxy) is 2. The summed E-state index contributed by atoms with van der Waals surface area (Å²) in [5.74, 6) is 0.792. The summed E-state index contributed by atoms with van der Waals surface area (Å²) >= 11 is 1.53. The van der Waals surface area contributed by atoms with Crippen molar-refractivity contribution in [3.05, 3.63) is 23.8 Å². The summed E-state index contributed by atoms with van der Waals surface area (Å²) < 4.78 is 38.3. The highest BCUT2D eigenvalue weighted by Crippen LogP contribution is 2.29. The third-order valence-corrected chi connectivity index (χ3v) is 8.11. The Bertz CT molecular complexity index is 955. The van der Waals surface area contributed by atoms with Gasteiger partial charge in [0, 0.05) is 24.4 Å². The molecule has 0 bridgehead atoms. The molecule has 2 amide bonds. The van der Waals surface area contributed by atoms with Gasteiger partial charge in [-0.3, -0.25) is 9.59 Å². The van der Waals surface area contributed by atoms with E-state index in [9.17, 15) is 18.0 Å². The Morgan fingerprint density at radius 2 is 1.94 bits per heavy atom. The molecule has 1 atom stereocenters. The first-order chi connectivity index (χ1) is 15.0. The van der Waals surface area contributed by atoms with Gasteiger partial charge in [0.25, 0.3) is 0 Å². The van der Waals surface area contributed by atoms with Gasteiger partial charge in [0.15, 0.2) is 0 Å². The zero-order valence-electron chi connectivity index (χ0n) is 18.9. The van der Waals surface area contributed by atoms with Crippen LogP contribution in [0.1, 0.15) is 26.3 Å². The Morgan fingerprint density at radius 3 is 2.56 bits per heavy atom. The van der Waals surface area contributed by atoms with E-state index in [2.05, 4.69) is 5.32 Å². The molecule has 0 aliphatic carbocycles. The van der Waals surface area contributed by atoms with E-state index in [0.29, 0.717) is 30.4 Å². The minimum absolute atomic E-state index is 0.00448. The maximum Gasteiger partial charge on any atom is 0.246 e. The molecule has 0 radical (unpaired) electrons. The highest BCUT2D eigenvalue weighted by atomic mass is 32.2. The van der Waals surface area contributed by atoms with Crippen molar-refractivity contribution in [1.29, 1.82) is 0 Å². The quantitative estimate of drug-likeness (QED) is 0.643. The van der Waals surface area contributed by atoms with Gasteiger partial charge in [0.05, 0.1) is 32.6 Å². The SMILES string of the molecule is COc1ccc(CC(=O)N2CSCC2C(=O)NC(C)(C)C)cc1S(=O)(=O)N1CCOCC1. The van der Waals surface area contributed by atoms with Gasteiger partial charge in [0.1, 0.15) is 16.7 Å². The molecule has 1 N–H and O–H groups in total. The molecular weight excluding hydrogens is 454 g/mol. The molecule has 1 aromatic rings. The van der Waals surface area contributed by atoms with Crippen LogP contribution in [0, 0.1) is 0 Å². The van der Waals surface area contributed by atoms with E-state index in [0.717, 1.165) is 0 Å². The molecule has 2 aliphatic heterocycles. The summed E-state index contributed by atoms with van der Waals surface area (Å²) in [5, 5.41) is 2.93. The number of hydrogen-bond donors (Lipinski definition) is 1. The van der Waals surface area contributed by atoms with Crippen LogP contribution < -0.4 is 10.1 Å². The lowest BCUT2D eigenvalue weighted by molar-refractivity contribution is -0.138. The minimum atomic E-state index is -3.79. The van der Waals surface area contributed by atoms with Crippen LogP contribution in [0.2, 0.25) is 0 Å². The van der Waals surface area contributed by atoms with Gasteiger partial charge >= 0.3 is 0 Å². The predicted molar refractivity (Wildman–Crippen MR) is 122 cm³/mol. The van der Waals surface area contributed by atoms with Crippen molar-refractivity contribution in [3.8, 4) is 5.75 Å². The number of hydrogen-bond acceptors (Lipinski definition) is 7. The number of carbonyl (C=O) groups excluding carboxylic acids is 2. The Kier molecular flexibility index (Phi) is 7.74. The van der Waals surface area contributed by atoms with E-state index in [4.69, 9.17) is 9.47 Å². The molecule has 178 valence electrons. The smallest absolute Gasteiger partial charge is 0.246 e. The zero-order chi connectivity index (χ0) is 23.5. The molecule has 2 saturated heterocycles. The lowest BCUT2D eigenvalue weighted by Gasteiger charge is -2.28. The fourth-order valence-corrected chi connectivity index (χ4v) is 6.39. The second-order valence-corrected chi connectivity index (χ2v) is 11.7. The highest BCUT2D eigenvalue weighted by molar-refractivity contribution is 7.99. The maximum absolute atomic E-state index is 13.2. The van der Waals surface area contributed by atoms with Crippen LogP contribution >= 0.6 is 11.8 Å². The van der Waals surface area contributed by atoms with Crippen LogP contribution in [-0.2, 0) is 30.8 Å². The minimum Gasteiger partial charge on any atom is -0.495 e. The van der Waals surface area contributed by atoms with Gasteiger partial charge in [-0.25, -0.2) is 8.42 Å². The molecule has 0 saturated carbocycles. The number of carbonyl (C=O) groups is 2. The first-order valence-electron chi connectivity index (χ1n) is 10.5. The number of sulfonamides is 1. The second-order valence-electron chi connectivity index (χ2n) is 8.80. The van der Waals surface area contributed by atoms with Crippen LogP contribution in [0.15, 0.2) is 23.1 Å². The van der Waals surface area contributed by atoms with Crippen LogP contribution in [-0.4, -0.2) is 86.1 Å². The molecule has 0 spiro atoms. The summed E-state index contributed by atoms with van der Waals surface area (Å²) in [4.78, 5) is 27.3. The van der Waals surface area contributed by atoms with Crippen molar-refractivity contribution in [2.75, 3.05) is 45.0 Å². The molecule has 0 aromatic heterocycles. The number of amides is 2. The lowest BCUT2D eigenvalue weighted by atomic mass is 10.1. The van der Waals surface area contributed by atoms with Crippen LogP contribution in [0.5, 0.6) is 5.75 Å². The van der Waals surface area contributed by atoms with E-state index < -0.39 is 21.6 Å². The monoisotopic (exact) mass is 485 g/mol. The summed E-state index contributed by atoms with van der Waals surface area (Å²) in [7, 11) is -2.38. The van der Waals surface area contributed by atoms with E-state index in [1.165, 1.54) is 29.2 Å². The van der Waals surface area contributed by atoms with Crippen molar-refractivity contribution < 1.29 is 27.5 Å². The topological polar surface area (TPSA) is 105 Å². The van der Waals surface area contributed by atoms with Crippen molar-refractivity contribution in [2.24, 2.45) is 0 Å². The largest absolute Gasteiger partial charge is 0.495 e. The molecule has 11 heteroatoms. The Balaban J connectivity index is 1.79. The van der Waals surface area contributed by atoms with Gasteiger partial charge in [-0.1, -0.05) is 6.07 Å². The third-order valence-electron chi connectivity index (χ3n) is 5.17. The van der Waals surface area contributed by atoms with Gasteiger partial charge < -0.3 is 19.7 Å². The van der Waals surface area contributed by atoms with Crippen molar-refractivity contribution in [1.82, 2.24) is 14.5 Å². The number of rotatable bonds is 6. The Hall–Kier alpha value is -1.82.